The molecule has 0 unspecified atom stereocenters. The van der Waals surface area contributed by atoms with E-state index in [0.717, 1.165) is 23.8 Å². The van der Waals surface area contributed by atoms with Gasteiger partial charge in [-0.05, 0) is 43.0 Å². The summed E-state index contributed by atoms with van der Waals surface area (Å²) in [6.07, 6.45) is 10.1. The highest BCUT2D eigenvalue weighted by Gasteiger charge is 2.06. The largest absolute Gasteiger partial charge is 0.295 e. The van der Waals surface area contributed by atoms with Gasteiger partial charge in [0.15, 0.2) is 5.16 Å². The van der Waals surface area contributed by atoms with Crippen molar-refractivity contribution in [3.63, 3.8) is 0 Å². The van der Waals surface area contributed by atoms with Crippen molar-refractivity contribution in [3.8, 4) is 5.69 Å². The first kappa shape index (κ1) is 14.9. The van der Waals surface area contributed by atoms with Gasteiger partial charge in [-0.25, -0.2) is 4.98 Å². The molecule has 0 saturated carbocycles. The van der Waals surface area contributed by atoms with Gasteiger partial charge in [-0.1, -0.05) is 23.9 Å². The van der Waals surface area contributed by atoms with Gasteiger partial charge in [-0.3, -0.25) is 9.25 Å². The molecule has 0 fully saturated rings. The quantitative estimate of drug-likeness (QED) is 0.515. The number of rotatable bonds is 6. The van der Waals surface area contributed by atoms with Gasteiger partial charge in [0.25, 0.3) is 0 Å². The number of imidazole rings is 1. The summed E-state index contributed by atoms with van der Waals surface area (Å²) in [4.78, 5) is 4.48. The first-order valence-electron chi connectivity index (χ1n) is 7.43. The van der Waals surface area contributed by atoms with Crippen molar-refractivity contribution >= 4 is 11.8 Å². The van der Waals surface area contributed by atoms with Gasteiger partial charge in [0.2, 0.25) is 0 Å². The van der Waals surface area contributed by atoms with Crippen molar-refractivity contribution in [2.75, 3.05) is 5.75 Å². The van der Waals surface area contributed by atoms with Crippen molar-refractivity contribution < 1.29 is 0 Å². The Kier molecular flexibility index (Phi) is 4.63. The van der Waals surface area contributed by atoms with E-state index in [-0.39, 0.29) is 0 Å². The van der Waals surface area contributed by atoms with Crippen molar-refractivity contribution in [3.05, 3.63) is 60.2 Å². The number of aryl methyl sites for hydroxylation is 3. The molecule has 3 aromatic rings. The Morgan fingerprint density at radius 3 is 2.95 bits per heavy atom. The molecule has 114 valence electrons. The molecule has 0 bridgehead atoms. The first-order chi connectivity index (χ1) is 10.7. The Bertz CT molecular complexity index is 744. The lowest BCUT2D eigenvalue weighted by atomic mass is 10.2. The SMILES string of the molecule is Cc1cccc(-n2ccnc2SCCCc2cnn(C)c2)c1. The molecule has 0 aliphatic heterocycles. The number of nitrogens with zero attached hydrogens (tertiary/aromatic N) is 4. The van der Waals surface area contributed by atoms with Gasteiger partial charge in [0, 0.05) is 37.1 Å². The summed E-state index contributed by atoms with van der Waals surface area (Å²) in [7, 11) is 1.96. The number of aromatic nitrogens is 4. The highest BCUT2D eigenvalue weighted by molar-refractivity contribution is 7.99. The Morgan fingerprint density at radius 2 is 2.18 bits per heavy atom. The van der Waals surface area contributed by atoms with Crippen molar-refractivity contribution in [1.29, 1.82) is 0 Å². The minimum absolute atomic E-state index is 1.05. The second kappa shape index (κ2) is 6.83. The van der Waals surface area contributed by atoms with E-state index in [0.29, 0.717) is 0 Å². The smallest absolute Gasteiger partial charge is 0.172 e. The van der Waals surface area contributed by atoms with E-state index in [1.807, 2.05) is 30.3 Å². The van der Waals surface area contributed by atoms with Crippen LogP contribution in [-0.2, 0) is 13.5 Å². The Morgan fingerprint density at radius 1 is 1.27 bits per heavy atom. The van der Waals surface area contributed by atoms with Gasteiger partial charge in [0.05, 0.1) is 6.20 Å². The van der Waals surface area contributed by atoms with Crippen molar-refractivity contribution in [2.45, 2.75) is 24.9 Å². The summed E-state index contributed by atoms with van der Waals surface area (Å²) >= 11 is 1.81. The summed E-state index contributed by atoms with van der Waals surface area (Å²) in [5, 5.41) is 5.25. The Hall–Kier alpha value is -2.01. The predicted octanol–water partition coefficient (Wildman–Crippen LogP) is 3.64. The lowest BCUT2D eigenvalue weighted by molar-refractivity contribution is 0.766. The fraction of sp³-hybridized carbons (Fsp3) is 0.294. The molecule has 1 aromatic carbocycles. The van der Waals surface area contributed by atoms with Crippen LogP contribution in [0.3, 0.4) is 0 Å². The summed E-state index contributed by atoms with van der Waals surface area (Å²) in [5.74, 6) is 1.05. The molecule has 0 aliphatic rings. The van der Waals surface area contributed by atoms with Crippen LogP contribution >= 0.6 is 11.8 Å². The van der Waals surface area contributed by atoms with Gasteiger partial charge >= 0.3 is 0 Å². The van der Waals surface area contributed by atoms with Crippen LogP contribution in [0, 0.1) is 6.92 Å². The van der Waals surface area contributed by atoms with Gasteiger partial charge in [-0.15, -0.1) is 0 Å². The van der Waals surface area contributed by atoms with E-state index >= 15 is 0 Å². The van der Waals surface area contributed by atoms with E-state index in [1.165, 1.54) is 16.8 Å². The molecule has 0 saturated heterocycles. The topological polar surface area (TPSA) is 35.6 Å². The van der Waals surface area contributed by atoms with Crippen LogP contribution in [0.5, 0.6) is 0 Å². The minimum Gasteiger partial charge on any atom is -0.295 e. The van der Waals surface area contributed by atoms with Crippen LogP contribution in [-0.4, -0.2) is 25.1 Å². The molecule has 5 heteroatoms. The Balaban J connectivity index is 1.58. The van der Waals surface area contributed by atoms with Gasteiger partial charge in [-0.2, -0.15) is 5.10 Å². The molecule has 2 heterocycles. The number of hydrogen-bond donors (Lipinski definition) is 0. The van der Waals surface area contributed by atoms with Crippen LogP contribution in [0.1, 0.15) is 17.5 Å². The van der Waals surface area contributed by atoms with Crippen LogP contribution in [0.25, 0.3) is 5.69 Å². The molecule has 3 rings (SSSR count). The zero-order valence-corrected chi connectivity index (χ0v) is 13.8. The summed E-state index contributed by atoms with van der Waals surface area (Å²) < 4.78 is 4.01. The summed E-state index contributed by atoms with van der Waals surface area (Å²) in [5.41, 5.74) is 3.73. The normalized spacial score (nSPS) is 11.0. The molecular formula is C17H20N4S. The molecule has 0 aliphatic carbocycles. The van der Waals surface area contributed by atoms with Crippen molar-refractivity contribution in [2.24, 2.45) is 7.05 Å². The molecule has 0 spiro atoms. The lowest BCUT2D eigenvalue weighted by Gasteiger charge is -2.08. The van der Waals surface area contributed by atoms with Crippen LogP contribution in [0.4, 0.5) is 0 Å². The highest BCUT2D eigenvalue weighted by atomic mass is 32.2. The second-order valence-corrected chi connectivity index (χ2v) is 6.46. The molecule has 4 nitrogen and oxygen atoms in total. The molecule has 22 heavy (non-hydrogen) atoms. The lowest BCUT2D eigenvalue weighted by Crippen LogP contribution is -1.96. The second-order valence-electron chi connectivity index (χ2n) is 5.39. The van der Waals surface area contributed by atoms with Crippen LogP contribution in [0.15, 0.2) is 54.2 Å². The molecule has 0 radical (unpaired) electrons. The Labute approximate surface area is 135 Å². The summed E-state index contributed by atoms with van der Waals surface area (Å²) in [6, 6.07) is 8.50. The number of hydrogen-bond acceptors (Lipinski definition) is 3. The average Bonchev–Trinajstić information content (AvgIpc) is 3.12. The van der Waals surface area contributed by atoms with Crippen molar-refractivity contribution in [1.82, 2.24) is 19.3 Å². The maximum atomic E-state index is 4.48. The fourth-order valence-corrected chi connectivity index (χ4v) is 3.32. The van der Waals surface area contributed by atoms with E-state index in [4.69, 9.17) is 0 Å². The van der Waals surface area contributed by atoms with E-state index in [9.17, 15) is 0 Å². The molecule has 2 aromatic heterocycles. The third-order valence-corrected chi connectivity index (χ3v) is 4.54. The number of benzene rings is 1. The van der Waals surface area contributed by atoms with E-state index in [1.54, 1.807) is 11.8 Å². The highest BCUT2D eigenvalue weighted by Crippen LogP contribution is 2.22. The molecular weight excluding hydrogens is 292 g/mol. The third-order valence-electron chi connectivity index (χ3n) is 3.49. The molecule has 0 atom stereocenters. The monoisotopic (exact) mass is 312 g/mol. The first-order valence-corrected chi connectivity index (χ1v) is 8.41. The molecule has 0 N–H and O–H groups in total. The predicted molar refractivity (Wildman–Crippen MR) is 90.6 cm³/mol. The van der Waals surface area contributed by atoms with Crippen LogP contribution < -0.4 is 0 Å². The maximum Gasteiger partial charge on any atom is 0.172 e. The molecule has 0 amide bonds. The van der Waals surface area contributed by atoms with Crippen LogP contribution in [0.2, 0.25) is 0 Å². The van der Waals surface area contributed by atoms with Gasteiger partial charge in [0.1, 0.15) is 0 Å². The zero-order valence-electron chi connectivity index (χ0n) is 12.9. The average molecular weight is 312 g/mol. The van der Waals surface area contributed by atoms with E-state index in [2.05, 4.69) is 52.0 Å². The van der Waals surface area contributed by atoms with Gasteiger partial charge < -0.3 is 0 Å². The van der Waals surface area contributed by atoms with E-state index < -0.39 is 0 Å². The zero-order chi connectivity index (χ0) is 15.4. The summed E-state index contributed by atoms with van der Waals surface area (Å²) in [6.45, 7) is 2.11. The minimum atomic E-state index is 1.05. The standard InChI is InChI=1S/C17H20N4S/c1-14-5-3-7-16(11-14)21-9-8-18-17(21)22-10-4-6-15-12-19-20(2)13-15/h3,5,7-9,11-13H,4,6,10H2,1-2H3. The third kappa shape index (κ3) is 3.60. The maximum absolute atomic E-state index is 4.48. The fourth-order valence-electron chi connectivity index (χ4n) is 2.41. The number of thioether (sulfide) groups is 1.